The summed E-state index contributed by atoms with van der Waals surface area (Å²) in [6, 6.07) is 12.3. The summed E-state index contributed by atoms with van der Waals surface area (Å²) in [7, 11) is 12.5. The summed E-state index contributed by atoms with van der Waals surface area (Å²) in [6.45, 7) is 4.98. The molecule has 426 valence electrons. The van der Waals surface area contributed by atoms with Crippen LogP contribution in [-0.2, 0) is 19.1 Å². The first-order valence-corrected chi connectivity index (χ1v) is 30.7. The summed E-state index contributed by atoms with van der Waals surface area (Å²) in [6.07, 6.45) is 24.0. The molecule has 9 rings (SSSR count). The number of quaternary nitrogens is 2. The van der Waals surface area contributed by atoms with E-state index in [0.717, 1.165) is 231 Å². The first-order valence-electron chi connectivity index (χ1n) is 30.7. The molecule has 13 nitrogen and oxygen atoms in total. The highest BCUT2D eigenvalue weighted by Gasteiger charge is 2.39. The van der Waals surface area contributed by atoms with Crippen molar-refractivity contribution in [1.29, 1.82) is 0 Å². The molecule has 0 atom stereocenters. The fourth-order valence-electron chi connectivity index (χ4n) is 13.1. The number of unbranched alkanes of at least 4 members (excludes halogenated alkanes) is 14. The SMILES string of the molecule is C[N+](C)(C)CCOC(=O)CCCCCCCCCCN1C(=O)c2ccc3c4c(N5CCCC5)cc5c6c(ccc(c7c(C8CCCCC8)cc(c2c37)C1=O)c64)C(=O)N(CCCCCCCCCCC(=O)OCC[N+](C)(C)C)C5=O. The maximum Gasteiger partial charge on any atom is 0.305 e. The number of anilines is 1. The molecule has 0 unspecified atom stereocenters. The Balaban J connectivity index is 0.903. The van der Waals surface area contributed by atoms with Crippen molar-refractivity contribution < 1.29 is 47.2 Å². The van der Waals surface area contributed by atoms with Gasteiger partial charge in [0.15, 0.2) is 0 Å². The highest BCUT2D eigenvalue weighted by Crippen LogP contribution is 2.52. The van der Waals surface area contributed by atoms with Crippen LogP contribution < -0.4 is 4.90 Å². The van der Waals surface area contributed by atoms with Crippen LogP contribution in [0.15, 0.2) is 36.4 Å². The topological polar surface area (TPSA) is 131 Å². The molecular formula is C66H91N5O8+2. The molecule has 0 bridgehead atoms. The van der Waals surface area contributed by atoms with Gasteiger partial charge in [0.05, 0.1) is 47.8 Å². The van der Waals surface area contributed by atoms with Gasteiger partial charge in [-0.15, -0.1) is 0 Å². The minimum absolute atomic E-state index is 0.108. The van der Waals surface area contributed by atoms with E-state index in [1.54, 1.807) is 0 Å². The van der Waals surface area contributed by atoms with E-state index in [1.165, 1.54) is 16.2 Å². The second kappa shape index (κ2) is 25.9. The molecule has 3 aliphatic heterocycles. The number of fused-ring (bicyclic) bond motifs is 2. The number of benzene rings is 5. The Morgan fingerprint density at radius 1 is 0.456 bits per heavy atom. The third kappa shape index (κ3) is 13.4. The van der Waals surface area contributed by atoms with Crippen LogP contribution in [-0.4, -0.2) is 149 Å². The monoisotopic (exact) mass is 1080 g/mol. The van der Waals surface area contributed by atoms with Crippen molar-refractivity contribution in [3.05, 3.63) is 64.2 Å². The minimum atomic E-state index is -0.239. The van der Waals surface area contributed by atoms with E-state index < -0.39 is 0 Å². The number of hydrogen-bond donors (Lipinski definition) is 0. The molecule has 5 aromatic rings. The molecule has 1 saturated carbocycles. The fourth-order valence-corrected chi connectivity index (χ4v) is 13.1. The Labute approximate surface area is 469 Å². The molecule has 0 aromatic heterocycles. The quantitative estimate of drug-likeness (QED) is 0.0110. The summed E-state index contributed by atoms with van der Waals surface area (Å²) in [4.78, 5) is 89.0. The second-order valence-corrected chi connectivity index (χ2v) is 25.7. The Morgan fingerprint density at radius 2 is 0.861 bits per heavy atom. The molecule has 4 aliphatic rings. The largest absolute Gasteiger partial charge is 0.460 e. The summed E-state index contributed by atoms with van der Waals surface area (Å²) in [5, 5.41) is 7.42. The Bertz CT molecular complexity index is 3030. The average molecular weight is 1080 g/mol. The first-order chi connectivity index (χ1) is 38.0. The van der Waals surface area contributed by atoms with Crippen molar-refractivity contribution in [1.82, 2.24) is 9.80 Å². The van der Waals surface area contributed by atoms with E-state index >= 15 is 0 Å². The van der Waals surface area contributed by atoms with Crippen LogP contribution in [0.3, 0.4) is 0 Å². The lowest BCUT2D eigenvalue weighted by Crippen LogP contribution is -2.41. The summed E-state index contributed by atoms with van der Waals surface area (Å²) in [5.74, 6) is -0.897. The molecule has 4 amide bonds. The lowest BCUT2D eigenvalue weighted by atomic mass is 9.75. The summed E-state index contributed by atoms with van der Waals surface area (Å²) < 4.78 is 12.4. The number of ether oxygens (including phenoxy) is 2. The van der Waals surface area contributed by atoms with Crippen LogP contribution in [0.4, 0.5) is 5.69 Å². The van der Waals surface area contributed by atoms with Crippen molar-refractivity contribution in [2.45, 2.75) is 166 Å². The van der Waals surface area contributed by atoms with E-state index in [1.807, 2.05) is 12.1 Å². The van der Waals surface area contributed by atoms with Crippen molar-refractivity contribution in [3.8, 4) is 0 Å². The maximum absolute atomic E-state index is 15.0. The zero-order valence-electron chi connectivity index (χ0n) is 48.9. The number of rotatable bonds is 30. The number of hydrogen-bond acceptors (Lipinski definition) is 9. The van der Waals surface area contributed by atoms with Crippen LogP contribution in [0.5, 0.6) is 0 Å². The Morgan fingerprint density at radius 3 is 1.33 bits per heavy atom. The molecule has 3 heterocycles. The lowest BCUT2D eigenvalue weighted by molar-refractivity contribution is -0.870. The van der Waals surface area contributed by atoms with Crippen LogP contribution in [0.1, 0.15) is 213 Å². The Kier molecular flexibility index (Phi) is 19.0. The highest BCUT2D eigenvalue weighted by molar-refractivity contribution is 6.43. The molecule has 0 N–H and O–H groups in total. The number of carbonyl (C=O) groups is 6. The maximum atomic E-state index is 15.0. The smallest absolute Gasteiger partial charge is 0.305 e. The van der Waals surface area contributed by atoms with Crippen molar-refractivity contribution in [3.63, 3.8) is 0 Å². The van der Waals surface area contributed by atoms with Gasteiger partial charge in [-0.3, -0.25) is 38.6 Å². The first kappa shape index (κ1) is 58.0. The van der Waals surface area contributed by atoms with Gasteiger partial charge in [-0.1, -0.05) is 108 Å². The van der Waals surface area contributed by atoms with Crippen LogP contribution in [0.2, 0.25) is 0 Å². The van der Waals surface area contributed by atoms with Gasteiger partial charge in [0.25, 0.3) is 23.6 Å². The molecule has 79 heavy (non-hydrogen) atoms. The van der Waals surface area contributed by atoms with Gasteiger partial charge < -0.3 is 23.3 Å². The van der Waals surface area contributed by atoms with Crippen LogP contribution in [0.25, 0.3) is 43.1 Å². The number of carbonyl (C=O) groups excluding carboxylic acids is 6. The molecular weight excluding hydrogens is 991 g/mol. The van der Waals surface area contributed by atoms with Crippen LogP contribution >= 0.6 is 0 Å². The summed E-state index contributed by atoms with van der Waals surface area (Å²) in [5.41, 5.74) is 4.48. The van der Waals surface area contributed by atoms with E-state index in [9.17, 15) is 28.8 Å². The molecule has 0 radical (unpaired) electrons. The minimum Gasteiger partial charge on any atom is -0.460 e. The van der Waals surface area contributed by atoms with Gasteiger partial charge in [0, 0.05) is 82.9 Å². The standard InChI is InChI=1S/C66H91N5O8/c1-70(2,3)40-42-78-55(72)30-22-15-11-7-9-13-17-24-38-68-63(74)49-35-33-48-60-54(67-36-26-27-37-67)45-53-59-50(34-32-47(62(59)60)57-51(46-28-20-19-21-29-46)44-52(65(68)76)58(49)61(48)57)64(75)69(66(53)77)39-25-18-14-10-8-12-16-23-31-56(73)79-43-41-71(4,5)6/h32-35,44-46H,7-31,36-43H2,1-6H3/q+2. The molecule has 5 aromatic carbocycles. The molecule has 1 aliphatic carbocycles. The van der Waals surface area contributed by atoms with Crippen LogP contribution in [0, 0.1) is 0 Å². The van der Waals surface area contributed by atoms with E-state index in [2.05, 4.69) is 71.5 Å². The normalized spacial score (nSPS) is 16.3. The number of nitrogens with zero attached hydrogens (tertiary/aromatic N) is 5. The van der Waals surface area contributed by atoms with E-state index in [-0.39, 0.29) is 41.5 Å². The zero-order valence-corrected chi connectivity index (χ0v) is 48.9. The number of imide groups is 2. The highest BCUT2D eigenvalue weighted by atomic mass is 16.5. The van der Waals surface area contributed by atoms with Gasteiger partial charge >= 0.3 is 11.9 Å². The van der Waals surface area contributed by atoms with E-state index in [0.29, 0.717) is 61.4 Å². The van der Waals surface area contributed by atoms with Crippen molar-refractivity contribution in [2.24, 2.45) is 0 Å². The van der Waals surface area contributed by atoms with Gasteiger partial charge in [0.2, 0.25) is 0 Å². The molecule has 2 fully saturated rings. The third-order valence-corrected chi connectivity index (χ3v) is 17.6. The molecule has 1 saturated heterocycles. The van der Waals surface area contributed by atoms with Gasteiger partial charge in [0.1, 0.15) is 26.3 Å². The summed E-state index contributed by atoms with van der Waals surface area (Å²) >= 11 is 0. The third-order valence-electron chi connectivity index (χ3n) is 17.6. The van der Waals surface area contributed by atoms with Gasteiger partial charge in [-0.05, 0) is 109 Å². The predicted octanol–water partition coefficient (Wildman–Crippen LogP) is 13.1. The van der Waals surface area contributed by atoms with Gasteiger partial charge in [-0.2, -0.15) is 0 Å². The zero-order chi connectivity index (χ0) is 55.8. The predicted molar refractivity (Wildman–Crippen MR) is 316 cm³/mol. The lowest BCUT2D eigenvalue weighted by Gasteiger charge is -2.34. The van der Waals surface area contributed by atoms with E-state index in [4.69, 9.17) is 9.47 Å². The molecule has 13 heteroatoms. The Hall–Kier alpha value is -5.66. The number of esters is 2. The molecule has 0 spiro atoms. The fraction of sp³-hybridized carbons (Fsp3) is 0.606. The second-order valence-electron chi connectivity index (χ2n) is 25.7. The number of likely N-dealkylation sites (N-methyl/N-ethyl adjacent to an activating group) is 2. The number of amides is 4. The van der Waals surface area contributed by atoms with Crippen molar-refractivity contribution >= 4 is 84.3 Å². The van der Waals surface area contributed by atoms with Crippen molar-refractivity contribution in [2.75, 3.05) is 99.7 Å². The van der Waals surface area contributed by atoms with Gasteiger partial charge in [-0.25, -0.2) is 0 Å². The average Bonchev–Trinajstić information content (AvgIpc) is 4.10.